The molecule has 1 heterocycles. The first-order valence-corrected chi connectivity index (χ1v) is 10.2. The standard InChI is InChI=1S/C23H20Cl2N4O/c1-29-20-10-6-5-9-19(20)28-21(29)14-26-22(15-7-3-2-4-8-15)23(30)27-18-12-16(24)11-17(25)13-18/h2-13,22,26H,14H2,1H3,(H,27,30). The van der Waals surface area contributed by atoms with Crippen molar-refractivity contribution in [1.82, 2.24) is 14.9 Å². The summed E-state index contributed by atoms with van der Waals surface area (Å²) in [5.74, 6) is 0.633. The van der Waals surface area contributed by atoms with Crippen molar-refractivity contribution < 1.29 is 4.79 Å². The minimum atomic E-state index is -0.580. The van der Waals surface area contributed by atoms with Crippen LogP contribution in [0.3, 0.4) is 0 Å². The van der Waals surface area contributed by atoms with Crippen LogP contribution in [0, 0.1) is 0 Å². The van der Waals surface area contributed by atoms with Gasteiger partial charge in [0.05, 0.1) is 17.6 Å². The van der Waals surface area contributed by atoms with E-state index < -0.39 is 6.04 Å². The van der Waals surface area contributed by atoms with E-state index in [4.69, 9.17) is 23.2 Å². The van der Waals surface area contributed by atoms with Gasteiger partial charge < -0.3 is 9.88 Å². The highest BCUT2D eigenvalue weighted by molar-refractivity contribution is 6.35. The van der Waals surface area contributed by atoms with Gasteiger partial charge in [-0.2, -0.15) is 0 Å². The van der Waals surface area contributed by atoms with E-state index in [9.17, 15) is 4.79 Å². The lowest BCUT2D eigenvalue weighted by atomic mass is 10.1. The SMILES string of the molecule is Cn1c(CNC(C(=O)Nc2cc(Cl)cc(Cl)c2)c2ccccc2)nc2ccccc21. The Morgan fingerprint density at radius 3 is 2.37 bits per heavy atom. The van der Waals surface area contributed by atoms with Crippen LogP contribution in [0.2, 0.25) is 10.0 Å². The van der Waals surface area contributed by atoms with Crippen molar-refractivity contribution in [3.05, 3.63) is 94.2 Å². The molecular formula is C23H20Cl2N4O. The van der Waals surface area contributed by atoms with E-state index in [1.54, 1.807) is 18.2 Å². The predicted molar refractivity (Wildman–Crippen MR) is 122 cm³/mol. The molecule has 0 aliphatic rings. The van der Waals surface area contributed by atoms with Gasteiger partial charge in [0.15, 0.2) is 0 Å². The van der Waals surface area contributed by atoms with Gasteiger partial charge in [-0.3, -0.25) is 10.1 Å². The molecule has 2 N–H and O–H groups in total. The molecule has 30 heavy (non-hydrogen) atoms. The second kappa shape index (κ2) is 8.88. The van der Waals surface area contributed by atoms with E-state index in [1.807, 2.05) is 66.2 Å². The average molecular weight is 439 g/mol. The lowest BCUT2D eigenvalue weighted by Crippen LogP contribution is -2.33. The molecule has 0 bridgehead atoms. The quantitative estimate of drug-likeness (QED) is 0.426. The molecule has 1 aromatic heterocycles. The smallest absolute Gasteiger partial charge is 0.246 e. The molecule has 1 amide bonds. The van der Waals surface area contributed by atoms with Gasteiger partial charge in [-0.15, -0.1) is 0 Å². The van der Waals surface area contributed by atoms with Crippen LogP contribution in [0.25, 0.3) is 11.0 Å². The Balaban J connectivity index is 1.58. The zero-order chi connectivity index (χ0) is 21.1. The zero-order valence-electron chi connectivity index (χ0n) is 16.3. The number of halogens is 2. The van der Waals surface area contributed by atoms with E-state index in [2.05, 4.69) is 15.6 Å². The first-order valence-electron chi connectivity index (χ1n) is 9.47. The molecule has 0 fully saturated rings. The molecule has 5 nitrogen and oxygen atoms in total. The summed E-state index contributed by atoms with van der Waals surface area (Å²) < 4.78 is 2.03. The largest absolute Gasteiger partial charge is 0.330 e. The Morgan fingerprint density at radius 1 is 1.00 bits per heavy atom. The van der Waals surface area contributed by atoms with Crippen LogP contribution in [0.4, 0.5) is 5.69 Å². The summed E-state index contributed by atoms with van der Waals surface area (Å²) in [6, 6.07) is 21.9. The fourth-order valence-electron chi connectivity index (χ4n) is 3.39. The first-order chi connectivity index (χ1) is 14.5. The number of hydrogen-bond donors (Lipinski definition) is 2. The number of para-hydroxylation sites is 2. The number of nitrogens with one attached hydrogen (secondary N) is 2. The van der Waals surface area contributed by atoms with Gasteiger partial charge >= 0.3 is 0 Å². The molecule has 7 heteroatoms. The number of carbonyl (C=O) groups excluding carboxylic acids is 1. The maximum absolute atomic E-state index is 13.1. The van der Waals surface area contributed by atoms with E-state index in [0.29, 0.717) is 22.3 Å². The molecule has 0 spiro atoms. The third kappa shape index (κ3) is 4.49. The van der Waals surface area contributed by atoms with Crippen molar-refractivity contribution in [2.24, 2.45) is 7.05 Å². The van der Waals surface area contributed by atoms with Gasteiger partial charge in [-0.25, -0.2) is 4.98 Å². The van der Waals surface area contributed by atoms with Crippen molar-refractivity contribution in [3.63, 3.8) is 0 Å². The maximum atomic E-state index is 13.1. The van der Waals surface area contributed by atoms with E-state index in [0.717, 1.165) is 22.4 Å². The molecule has 4 aromatic rings. The minimum absolute atomic E-state index is 0.210. The molecule has 3 aromatic carbocycles. The van der Waals surface area contributed by atoms with Crippen molar-refractivity contribution in [1.29, 1.82) is 0 Å². The van der Waals surface area contributed by atoms with Gasteiger partial charge in [0, 0.05) is 22.8 Å². The Labute approximate surface area is 184 Å². The van der Waals surface area contributed by atoms with Crippen LogP contribution < -0.4 is 10.6 Å². The van der Waals surface area contributed by atoms with Gasteiger partial charge in [0.1, 0.15) is 11.9 Å². The zero-order valence-corrected chi connectivity index (χ0v) is 17.8. The van der Waals surface area contributed by atoms with E-state index >= 15 is 0 Å². The van der Waals surface area contributed by atoms with Crippen LogP contribution in [0.1, 0.15) is 17.4 Å². The molecular weight excluding hydrogens is 419 g/mol. The highest BCUT2D eigenvalue weighted by atomic mass is 35.5. The monoisotopic (exact) mass is 438 g/mol. The number of rotatable bonds is 6. The third-order valence-corrected chi connectivity index (χ3v) is 5.31. The number of hydrogen-bond acceptors (Lipinski definition) is 3. The molecule has 1 atom stereocenters. The number of fused-ring (bicyclic) bond motifs is 1. The summed E-state index contributed by atoms with van der Waals surface area (Å²) in [5, 5.41) is 7.16. The van der Waals surface area contributed by atoms with Crippen LogP contribution >= 0.6 is 23.2 Å². The highest BCUT2D eigenvalue weighted by Crippen LogP contribution is 2.24. The van der Waals surface area contributed by atoms with Gasteiger partial charge in [0.2, 0.25) is 5.91 Å². The second-order valence-electron chi connectivity index (χ2n) is 6.95. The third-order valence-electron chi connectivity index (χ3n) is 4.87. The molecule has 0 radical (unpaired) electrons. The van der Waals surface area contributed by atoms with Crippen molar-refractivity contribution in [2.75, 3.05) is 5.32 Å². The first kappa shape index (κ1) is 20.4. The minimum Gasteiger partial charge on any atom is -0.330 e. The fraction of sp³-hybridized carbons (Fsp3) is 0.130. The molecule has 4 rings (SSSR count). The second-order valence-corrected chi connectivity index (χ2v) is 7.82. The van der Waals surface area contributed by atoms with E-state index in [-0.39, 0.29) is 5.91 Å². The van der Waals surface area contributed by atoms with Crippen molar-refractivity contribution >= 4 is 45.8 Å². The normalized spacial score (nSPS) is 12.1. The molecule has 0 aliphatic heterocycles. The number of carbonyl (C=O) groups is 1. The topological polar surface area (TPSA) is 59.0 Å². The van der Waals surface area contributed by atoms with E-state index in [1.165, 1.54) is 0 Å². The molecule has 152 valence electrons. The molecule has 0 saturated carbocycles. The molecule has 0 saturated heterocycles. The van der Waals surface area contributed by atoms with Crippen LogP contribution in [-0.2, 0) is 18.4 Å². The maximum Gasteiger partial charge on any atom is 0.246 e. The molecule has 0 aliphatic carbocycles. The summed E-state index contributed by atoms with van der Waals surface area (Å²) >= 11 is 12.1. The van der Waals surface area contributed by atoms with Gasteiger partial charge in [-0.05, 0) is 35.9 Å². The Bertz CT molecular complexity index is 1170. The summed E-state index contributed by atoms with van der Waals surface area (Å²) in [6.45, 7) is 0.425. The number of benzene rings is 3. The number of aryl methyl sites for hydroxylation is 1. The predicted octanol–water partition coefficient (Wildman–Crippen LogP) is 5.35. The number of nitrogens with zero attached hydrogens (tertiary/aromatic N) is 2. The summed E-state index contributed by atoms with van der Waals surface area (Å²) in [4.78, 5) is 17.8. The Kier molecular flexibility index (Phi) is 6.04. The lowest BCUT2D eigenvalue weighted by Gasteiger charge is -2.19. The van der Waals surface area contributed by atoms with Crippen LogP contribution in [0.15, 0.2) is 72.8 Å². The van der Waals surface area contributed by atoms with Gasteiger partial charge in [-0.1, -0.05) is 65.7 Å². The fourth-order valence-corrected chi connectivity index (χ4v) is 3.92. The van der Waals surface area contributed by atoms with Crippen molar-refractivity contribution in [2.45, 2.75) is 12.6 Å². The Morgan fingerprint density at radius 2 is 1.67 bits per heavy atom. The lowest BCUT2D eigenvalue weighted by molar-refractivity contribution is -0.118. The van der Waals surface area contributed by atoms with Crippen LogP contribution in [-0.4, -0.2) is 15.5 Å². The summed E-state index contributed by atoms with van der Waals surface area (Å²) in [7, 11) is 1.97. The van der Waals surface area contributed by atoms with Crippen LogP contribution in [0.5, 0.6) is 0 Å². The number of imidazole rings is 1. The molecule has 1 unspecified atom stereocenters. The Hall–Kier alpha value is -2.86. The summed E-state index contributed by atoms with van der Waals surface area (Å²) in [6.07, 6.45) is 0. The average Bonchev–Trinajstić information content (AvgIpc) is 3.04. The number of amides is 1. The van der Waals surface area contributed by atoms with Gasteiger partial charge in [0.25, 0.3) is 0 Å². The summed E-state index contributed by atoms with van der Waals surface area (Å²) in [5.41, 5.74) is 3.36. The highest BCUT2D eigenvalue weighted by Gasteiger charge is 2.21. The van der Waals surface area contributed by atoms with Crippen molar-refractivity contribution in [3.8, 4) is 0 Å². The number of aromatic nitrogens is 2. The number of anilines is 1.